The van der Waals surface area contributed by atoms with Crippen molar-refractivity contribution in [3.8, 4) is 22.6 Å². The predicted octanol–water partition coefficient (Wildman–Crippen LogP) is 7.90. The normalized spacial score (nSPS) is 10.8. The highest BCUT2D eigenvalue weighted by atomic mass is 35.5. The molecule has 0 aliphatic carbocycles. The Morgan fingerprint density at radius 1 is 0.839 bits per heavy atom. The molecule has 0 atom stereocenters. The van der Waals surface area contributed by atoms with Gasteiger partial charge in [-0.15, -0.1) is 0 Å². The van der Waals surface area contributed by atoms with Crippen LogP contribution in [-0.4, -0.2) is 12.6 Å². The third-order valence-corrected chi connectivity index (χ3v) is 6.02. The lowest BCUT2D eigenvalue weighted by atomic mass is 9.90. The summed E-state index contributed by atoms with van der Waals surface area (Å²) < 4.78 is 11.9. The molecule has 3 nitrogen and oxygen atoms in total. The average Bonchev–Trinajstić information content (AvgIpc) is 2.74. The van der Waals surface area contributed by atoms with Gasteiger partial charge in [-0.25, -0.2) is 4.79 Å². The lowest BCUT2D eigenvalue weighted by molar-refractivity contribution is 0.0735. The van der Waals surface area contributed by atoms with Crippen molar-refractivity contribution >= 4 is 29.2 Å². The molecule has 5 heteroatoms. The van der Waals surface area contributed by atoms with Crippen LogP contribution in [0.1, 0.15) is 46.0 Å². The van der Waals surface area contributed by atoms with Gasteiger partial charge in [0.25, 0.3) is 0 Å². The molecule has 0 aliphatic heterocycles. The van der Waals surface area contributed by atoms with Crippen LogP contribution in [0.25, 0.3) is 11.1 Å². The van der Waals surface area contributed by atoms with E-state index in [0.717, 1.165) is 45.6 Å². The maximum Gasteiger partial charge on any atom is 0.345 e. The lowest BCUT2D eigenvalue weighted by Crippen LogP contribution is -2.11. The van der Waals surface area contributed by atoms with E-state index in [1.54, 1.807) is 12.1 Å². The summed E-state index contributed by atoms with van der Waals surface area (Å²) in [4.78, 5) is 13.0. The molecule has 0 unspecified atom stereocenters. The number of aryl methyl sites for hydroxylation is 2. The van der Waals surface area contributed by atoms with Crippen LogP contribution in [0.3, 0.4) is 0 Å². The topological polar surface area (TPSA) is 35.5 Å². The molecule has 0 N–H and O–H groups in total. The van der Waals surface area contributed by atoms with Gasteiger partial charge in [-0.1, -0.05) is 42.3 Å². The first-order valence-electron chi connectivity index (χ1n) is 10.2. The molecular formula is C26H26Cl2O3. The Morgan fingerprint density at radius 2 is 1.42 bits per heavy atom. The Hall–Kier alpha value is -2.49. The van der Waals surface area contributed by atoms with Crippen molar-refractivity contribution in [3.63, 3.8) is 0 Å². The Balaban J connectivity index is 2.17. The molecular weight excluding hydrogens is 431 g/mol. The smallest absolute Gasteiger partial charge is 0.345 e. The number of benzene rings is 3. The van der Waals surface area contributed by atoms with E-state index < -0.39 is 5.97 Å². The van der Waals surface area contributed by atoms with Crippen molar-refractivity contribution in [3.05, 3.63) is 80.3 Å². The molecule has 0 radical (unpaired) electrons. The van der Waals surface area contributed by atoms with Gasteiger partial charge in [0.05, 0.1) is 17.2 Å². The largest absolute Gasteiger partial charge is 0.493 e. The van der Waals surface area contributed by atoms with Gasteiger partial charge >= 0.3 is 5.97 Å². The molecule has 0 fully saturated rings. The van der Waals surface area contributed by atoms with E-state index in [2.05, 4.69) is 20.8 Å². The Morgan fingerprint density at radius 3 is 2.03 bits per heavy atom. The van der Waals surface area contributed by atoms with E-state index in [1.807, 2.05) is 38.1 Å². The summed E-state index contributed by atoms with van der Waals surface area (Å²) in [7, 11) is 0. The van der Waals surface area contributed by atoms with E-state index in [0.29, 0.717) is 22.4 Å². The maximum atomic E-state index is 13.0. The van der Waals surface area contributed by atoms with Gasteiger partial charge in [-0.3, -0.25) is 0 Å². The zero-order chi connectivity index (χ0) is 22.7. The summed E-state index contributed by atoms with van der Waals surface area (Å²) in [6, 6.07) is 12.5. The SMILES string of the molecule is CCCOc1ccc(C)c(C)c1-c1c(OC(=O)c2cc(Cl)ccc2Cl)ccc(C)c1C. The van der Waals surface area contributed by atoms with Crippen LogP contribution in [0.4, 0.5) is 0 Å². The van der Waals surface area contributed by atoms with Gasteiger partial charge in [-0.2, -0.15) is 0 Å². The zero-order valence-electron chi connectivity index (χ0n) is 18.4. The quantitative estimate of drug-likeness (QED) is 0.279. The number of rotatable bonds is 6. The number of esters is 1. The van der Waals surface area contributed by atoms with Crippen LogP contribution in [0.5, 0.6) is 11.5 Å². The van der Waals surface area contributed by atoms with Crippen LogP contribution in [-0.2, 0) is 0 Å². The van der Waals surface area contributed by atoms with Crippen LogP contribution < -0.4 is 9.47 Å². The van der Waals surface area contributed by atoms with Gasteiger partial charge in [-0.05, 0) is 86.7 Å². The van der Waals surface area contributed by atoms with Crippen LogP contribution in [0.2, 0.25) is 10.0 Å². The molecule has 0 aliphatic rings. The molecule has 0 heterocycles. The van der Waals surface area contributed by atoms with Crippen molar-refractivity contribution in [1.29, 1.82) is 0 Å². The summed E-state index contributed by atoms with van der Waals surface area (Å²) in [5.74, 6) is 0.675. The molecule has 0 bridgehead atoms. The fourth-order valence-corrected chi connectivity index (χ4v) is 3.80. The first-order valence-corrected chi connectivity index (χ1v) is 11.0. The van der Waals surface area contributed by atoms with Gasteiger partial charge in [0.15, 0.2) is 0 Å². The van der Waals surface area contributed by atoms with E-state index in [9.17, 15) is 4.79 Å². The monoisotopic (exact) mass is 456 g/mol. The second kappa shape index (κ2) is 9.76. The van der Waals surface area contributed by atoms with Crippen molar-refractivity contribution in [1.82, 2.24) is 0 Å². The molecule has 0 saturated carbocycles. The summed E-state index contributed by atoms with van der Waals surface area (Å²) >= 11 is 12.3. The van der Waals surface area contributed by atoms with E-state index in [-0.39, 0.29) is 5.56 Å². The molecule has 3 rings (SSSR count). The highest BCUT2D eigenvalue weighted by molar-refractivity contribution is 6.35. The first-order chi connectivity index (χ1) is 14.7. The number of halogens is 2. The highest BCUT2D eigenvalue weighted by Crippen LogP contribution is 2.43. The summed E-state index contributed by atoms with van der Waals surface area (Å²) in [5.41, 5.74) is 6.35. The van der Waals surface area contributed by atoms with Gasteiger partial charge in [0.2, 0.25) is 0 Å². The Kier molecular flexibility index (Phi) is 7.30. The third-order valence-electron chi connectivity index (χ3n) is 5.46. The Labute approximate surface area is 193 Å². The molecule has 0 spiro atoms. The van der Waals surface area contributed by atoms with Crippen LogP contribution >= 0.6 is 23.2 Å². The molecule has 0 aromatic heterocycles. The van der Waals surface area contributed by atoms with Crippen molar-refractivity contribution in [2.45, 2.75) is 41.0 Å². The van der Waals surface area contributed by atoms with Crippen LogP contribution in [0, 0.1) is 27.7 Å². The number of carbonyl (C=O) groups excluding carboxylic acids is 1. The maximum absolute atomic E-state index is 13.0. The molecule has 162 valence electrons. The molecule has 31 heavy (non-hydrogen) atoms. The predicted molar refractivity (Wildman–Crippen MR) is 128 cm³/mol. The average molecular weight is 457 g/mol. The Bertz CT molecular complexity index is 1140. The van der Waals surface area contributed by atoms with Crippen molar-refractivity contribution in [2.75, 3.05) is 6.61 Å². The number of ether oxygens (including phenoxy) is 2. The minimum absolute atomic E-state index is 0.224. The number of carbonyl (C=O) groups is 1. The standard InChI is InChI=1S/C26H26Cl2O3/c1-6-13-30-22-11-7-15(2)17(4)24(22)25-18(5)16(3)8-12-23(25)31-26(29)20-14-19(27)9-10-21(20)28/h7-12,14H,6,13H2,1-5H3. The van der Waals surface area contributed by atoms with Gasteiger partial charge in [0, 0.05) is 16.1 Å². The molecule has 3 aromatic carbocycles. The molecule has 0 saturated heterocycles. The zero-order valence-corrected chi connectivity index (χ0v) is 19.9. The second-order valence-electron chi connectivity index (χ2n) is 7.62. The van der Waals surface area contributed by atoms with Crippen molar-refractivity contribution in [2.24, 2.45) is 0 Å². The van der Waals surface area contributed by atoms with Gasteiger partial charge in [0.1, 0.15) is 11.5 Å². The fourth-order valence-electron chi connectivity index (χ4n) is 3.43. The summed E-state index contributed by atoms with van der Waals surface area (Å²) in [6.45, 7) is 10.9. The number of hydrogen-bond acceptors (Lipinski definition) is 3. The van der Waals surface area contributed by atoms with Gasteiger partial charge < -0.3 is 9.47 Å². The minimum Gasteiger partial charge on any atom is -0.493 e. The van der Waals surface area contributed by atoms with Crippen LogP contribution in [0.15, 0.2) is 42.5 Å². The molecule has 3 aromatic rings. The molecule has 0 amide bonds. The third kappa shape index (κ3) is 4.89. The minimum atomic E-state index is -0.557. The number of hydrogen-bond donors (Lipinski definition) is 0. The highest BCUT2D eigenvalue weighted by Gasteiger charge is 2.22. The van der Waals surface area contributed by atoms with E-state index in [4.69, 9.17) is 32.7 Å². The first kappa shape index (κ1) is 23.2. The summed E-state index contributed by atoms with van der Waals surface area (Å²) in [6.07, 6.45) is 0.897. The second-order valence-corrected chi connectivity index (χ2v) is 8.47. The summed E-state index contributed by atoms with van der Waals surface area (Å²) in [5, 5.41) is 0.708. The lowest BCUT2D eigenvalue weighted by Gasteiger charge is -2.21. The van der Waals surface area contributed by atoms with Crippen molar-refractivity contribution < 1.29 is 14.3 Å². The van der Waals surface area contributed by atoms with E-state index in [1.165, 1.54) is 6.07 Å². The van der Waals surface area contributed by atoms with E-state index >= 15 is 0 Å². The fraction of sp³-hybridized carbons (Fsp3) is 0.269.